The second kappa shape index (κ2) is 8.90. The smallest absolute Gasteiger partial charge is 0.251 e. The molecule has 1 aliphatic heterocycles. The van der Waals surface area contributed by atoms with Crippen LogP contribution >= 0.6 is 0 Å². The minimum Gasteiger partial charge on any atom is -0.352 e. The van der Waals surface area contributed by atoms with Gasteiger partial charge in [0.1, 0.15) is 12.1 Å². The van der Waals surface area contributed by atoms with Crippen LogP contribution in [-0.4, -0.2) is 39.7 Å². The molecule has 7 nitrogen and oxygen atoms in total. The molecule has 2 aromatic carbocycles. The summed E-state index contributed by atoms with van der Waals surface area (Å²) in [5.41, 5.74) is 2.96. The standard InChI is InChI=1S/C24H26FN5O2/c1-15(2)30-14-27-23(28-30)21-13-29(16(3)31)22-8-7-18(12-20(21)22)24(32)26-10-9-17-5-4-6-19(25)11-17/h4-8,11-12,14-15,21H,9-10,13H2,1-3H3,(H,26,32)/t21-/m1/s1. The number of carbonyl (C=O) groups excluding carboxylic acids is 2. The van der Waals surface area contributed by atoms with Gasteiger partial charge in [0.2, 0.25) is 5.91 Å². The Hall–Kier alpha value is -3.55. The van der Waals surface area contributed by atoms with Gasteiger partial charge in [-0.3, -0.25) is 14.3 Å². The summed E-state index contributed by atoms with van der Waals surface area (Å²) in [5.74, 6) is -0.141. The van der Waals surface area contributed by atoms with Gasteiger partial charge in [0.25, 0.3) is 5.91 Å². The quantitative estimate of drug-likeness (QED) is 0.643. The fourth-order valence-corrected chi connectivity index (χ4v) is 3.93. The summed E-state index contributed by atoms with van der Waals surface area (Å²) in [6.45, 7) is 6.41. The Morgan fingerprint density at radius 2 is 2.03 bits per heavy atom. The highest BCUT2D eigenvalue weighted by Gasteiger charge is 2.35. The molecule has 0 bridgehead atoms. The minimum atomic E-state index is -0.290. The number of carbonyl (C=O) groups is 2. The molecule has 0 unspecified atom stereocenters. The van der Waals surface area contributed by atoms with E-state index in [0.717, 1.165) is 16.8 Å². The van der Waals surface area contributed by atoms with Crippen LogP contribution in [0.1, 0.15) is 60.0 Å². The molecule has 166 valence electrons. The largest absolute Gasteiger partial charge is 0.352 e. The molecule has 0 aliphatic carbocycles. The zero-order valence-electron chi connectivity index (χ0n) is 18.4. The van der Waals surface area contributed by atoms with Crippen molar-refractivity contribution in [2.75, 3.05) is 18.0 Å². The Balaban J connectivity index is 1.54. The van der Waals surface area contributed by atoms with Crippen molar-refractivity contribution in [2.45, 2.75) is 39.2 Å². The van der Waals surface area contributed by atoms with Crippen LogP contribution in [0.5, 0.6) is 0 Å². The molecule has 0 spiro atoms. The number of hydrogen-bond acceptors (Lipinski definition) is 4. The SMILES string of the molecule is CC(=O)N1C[C@@H](c2ncn(C(C)C)n2)c2cc(C(=O)NCCc3cccc(F)c3)ccc21. The number of nitrogens with zero attached hydrogens (tertiary/aromatic N) is 4. The van der Waals surface area contributed by atoms with Crippen LogP contribution in [0.2, 0.25) is 0 Å². The predicted molar refractivity (Wildman–Crippen MR) is 119 cm³/mol. The summed E-state index contributed by atoms with van der Waals surface area (Å²) in [4.78, 5) is 31.1. The van der Waals surface area contributed by atoms with Crippen LogP contribution < -0.4 is 10.2 Å². The molecular formula is C24H26FN5O2. The zero-order chi connectivity index (χ0) is 22.8. The summed E-state index contributed by atoms with van der Waals surface area (Å²) in [7, 11) is 0. The molecule has 0 fully saturated rings. The maximum Gasteiger partial charge on any atom is 0.251 e. The van der Waals surface area contributed by atoms with Gasteiger partial charge in [-0.05, 0) is 61.7 Å². The average molecular weight is 436 g/mol. The Bertz CT molecular complexity index is 1160. The van der Waals surface area contributed by atoms with E-state index in [4.69, 9.17) is 0 Å². The van der Waals surface area contributed by atoms with Crippen LogP contribution in [0.4, 0.5) is 10.1 Å². The monoisotopic (exact) mass is 435 g/mol. The molecule has 8 heteroatoms. The fourth-order valence-electron chi connectivity index (χ4n) is 3.93. The van der Waals surface area contributed by atoms with Gasteiger partial charge in [-0.1, -0.05) is 12.1 Å². The van der Waals surface area contributed by atoms with Crippen molar-refractivity contribution < 1.29 is 14.0 Å². The van der Waals surface area contributed by atoms with Crippen molar-refractivity contribution in [2.24, 2.45) is 0 Å². The van der Waals surface area contributed by atoms with Crippen LogP contribution in [0, 0.1) is 5.82 Å². The van der Waals surface area contributed by atoms with E-state index >= 15 is 0 Å². The summed E-state index contributed by atoms with van der Waals surface area (Å²) in [6.07, 6.45) is 2.23. The number of amides is 2. The van der Waals surface area contributed by atoms with E-state index in [9.17, 15) is 14.0 Å². The van der Waals surface area contributed by atoms with E-state index in [-0.39, 0.29) is 29.6 Å². The van der Waals surface area contributed by atoms with Gasteiger partial charge in [-0.2, -0.15) is 5.10 Å². The van der Waals surface area contributed by atoms with Crippen LogP contribution in [0.15, 0.2) is 48.8 Å². The highest BCUT2D eigenvalue weighted by Crippen LogP contribution is 2.39. The molecule has 0 radical (unpaired) electrons. The highest BCUT2D eigenvalue weighted by molar-refractivity contribution is 5.98. The average Bonchev–Trinajstić information content (AvgIpc) is 3.38. The molecule has 0 saturated heterocycles. The second-order valence-corrected chi connectivity index (χ2v) is 8.27. The van der Waals surface area contributed by atoms with Gasteiger partial charge in [-0.25, -0.2) is 9.37 Å². The van der Waals surface area contributed by atoms with Gasteiger partial charge in [0.15, 0.2) is 5.82 Å². The summed E-state index contributed by atoms with van der Waals surface area (Å²) >= 11 is 0. The maximum atomic E-state index is 13.3. The van der Waals surface area contributed by atoms with Crippen molar-refractivity contribution in [3.8, 4) is 0 Å². The summed E-state index contributed by atoms with van der Waals surface area (Å²) in [6, 6.07) is 11.9. The lowest BCUT2D eigenvalue weighted by Gasteiger charge is -2.15. The number of fused-ring (bicyclic) bond motifs is 1. The third kappa shape index (κ3) is 4.39. The lowest BCUT2D eigenvalue weighted by atomic mass is 9.98. The molecule has 2 heterocycles. The Kier molecular flexibility index (Phi) is 6.03. The van der Waals surface area contributed by atoms with Crippen LogP contribution in [0.25, 0.3) is 0 Å². The van der Waals surface area contributed by atoms with E-state index in [1.54, 1.807) is 34.1 Å². The topological polar surface area (TPSA) is 80.1 Å². The number of benzene rings is 2. The van der Waals surface area contributed by atoms with Crippen molar-refractivity contribution >= 4 is 17.5 Å². The van der Waals surface area contributed by atoms with E-state index in [2.05, 4.69) is 15.4 Å². The molecule has 3 aromatic rings. The molecule has 4 rings (SSSR count). The van der Waals surface area contributed by atoms with E-state index < -0.39 is 0 Å². The van der Waals surface area contributed by atoms with Gasteiger partial charge < -0.3 is 10.2 Å². The first-order valence-corrected chi connectivity index (χ1v) is 10.7. The summed E-state index contributed by atoms with van der Waals surface area (Å²) in [5, 5.41) is 7.47. The Morgan fingerprint density at radius 3 is 2.72 bits per heavy atom. The van der Waals surface area contributed by atoms with Crippen LogP contribution in [0.3, 0.4) is 0 Å². The highest BCUT2D eigenvalue weighted by atomic mass is 19.1. The van der Waals surface area contributed by atoms with E-state index in [1.165, 1.54) is 19.1 Å². The molecule has 1 aromatic heterocycles. The zero-order valence-corrected chi connectivity index (χ0v) is 18.4. The lowest BCUT2D eigenvalue weighted by Crippen LogP contribution is -2.27. The van der Waals surface area contributed by atoms with Gasteiger partial charge in [-0.15, -0.1) is 0 Å². The molecule has 0 saturated carbocycles. The normalized spacial score (nSPS) is 15.2. The van der Waals surface area contributed by atoms with Crippen molar-refractivity contribution in [3.05, 3.63) is 77.1 Å². The van der Waals surface area contributed by atoms with E-state index in [1.807, 2.05) is 26.0 Å². The fraction of sp³-hybridized carbons (Fsp3) is 0.333. The molecule has 32 heavy (non-hydrogen) atoms. The first kappa shape index (κ1) is 21.7. The van der Waals surface area contributed by atoms with Gasteiger partial charge in [0.05, 0.1) is 5.92 Å². The predicted octanol–water partition coefficient (Wildman–Crippen LogP) is 3.47. The number of hydrogen-bond donors (Lipinski definition) is 1. The number of nitrogens with one attached hydrogen (secondary N) is 1. The first-order chi connectivity index (χ1) is 15.3. The third-order valence-electron chi connectivity index (χ3n) is 5.66. The van der Waals surface area contributed by atoms with Gasteiger partial charge in [0, 0.05) is 37.3 Å². The molecule has 1 atom stereocenters. The van der Waals surface area contributed by atoms with E-state index in [0.29, 0.717) is 30.9 Å². The summed E-state index contributed by atoms with van der Waals surface area (Å²) < 4.78 is 15.1. The maximum absolute atomic E-state index is 13.3. The first-order valence-electron chi connectivity index (χ1n) is 10.7. The molecule has 1 aliphatic rings. The molecule has 1 N–H and O–H groups in total. The number of rotatable bonds is 6. The Morgan fingerprint density at radius 1 is 1.22 bits per heavy atom. The number of halogens is 1. The minimum absolute atomic E-state index is 0.0654. The third-order valence-corrected chi connectivity index (χ3v) is 5.66. The number of aromatic nitrogens is 3. The molecular weight excluding hydrogens is 409 g/mol. The van der Waals surface area contributed by atoms with Gasteiger partial charge >= 0.3 is 0 Å². The van der Waals surface area contributed by atoms with Crippen LogP contribution in [-0.2, 0) is 11.2 Å². The van der Waals surface area contributed by atoms with Crippen molar-refractivity contribution in [1.29, 1.82) is 0 Å². The van der Waals surface area contributed by atoms with Crippen molar-refractivity contribution in [1.82, 2.24) is 20.1 Å². The Labute approximate surface area is 186 Å². The molecule has 2 amide bonds. The second-order valence-electron chi connectivity index (χ2n) is 8.27. The number of anilines is 1. The lowest BCUT2D eigenvalue weighted by molar-refractivity contribution is -0.116. The van der Waals surface area contributed by atoms with Crippen molar-refractivity contribution in [3.63, 3.8) is 0 Å².